The van der Waals surface area contributed by atoms with Crippen LogP contribution in [0.1, 0.15) is 5.69 Å². The number of rotatable bonds is 3. The predicted octanol–water partition coefficient (Wildman–Crippen LogP) is 2.70. The Balaban J connectivity index is 1.74. The molecule has 0 saturated carbocycles. The molecule has 21 heavy (non-hydrogen) atoms. The number of fused-ring (bicyclic) bond motifs is 1. The number of pyridine rings is 2. The third kappa shape index (κ3) is 3.17. The first-order chi connectivity index (χ1) is 10.1. The lowest BCUT2D eigenvalue weighted by Crippen LogP contribution is -2.15. The SMILES string of the molecule is O=C(Cc1cn2cc(F)ccc2n1)Nc1cccc(Cl)n1. The van der Waals surface area contributed by atoms with Crippen molar-refractivity contribution in [1.82, 2.24) is 14.4 Å². The van der Waals surface area contributed by atoms with Crippen molar-refractivity contribution in [2.75, 3.05) is 5.32 Å². The van der Waals surface area contributed by atoms with Crippen LogP contribution in [0.25, 0.3) is 5.65 Å². The second kappa shape index (κ2) is 5.49. The zero-order chi connectivity index (χ0) is 14.8. The van der Waals surface area contributed by atoms with Gasteiger partial charge < -0.3 is 9.72 Å². The summed E-state index contributed by atoms with van der Waals surface area (Å²) in [7, 11) is 0. The molecule has 0 bridgehead atoms. The average molecular weight is 305 g/mol. The summed E-state index contributed by atoms with van der Waals surface area (Å²) in [6.07, 6.45) is 2.99. The van der Waals surface area contributed by atoms with E-state index >= 15 is 0 Å². The van der Waals surface area contributed by atoms with Gasteiger partial charge in [-0.2, -0.15) is 0 Å². The van der Waals surface area contributed by atoms with Crippen molar-refractivity contribution < 1.29 is 9.18 Å². The van der Waals surface area contributed by atoms with Crippen LogP contribution in [-0.4, -0.2) is 20.3 Å². The summed E-state index contributed by atoms with van der Waals surface area (Å²) in [5.74, 6) is -0.255. The largest absolute Gasteiger partial charge is 0.310 e. The molecule has 0 aliphatic rings. The Hall–Kier alpha value is -2.47. The second-order valence-corrected chi connectivity index (χ2v) is 4.80. The van der Waals surface area contributed by atoms with Gasteiger partial charge in [-0.05, 0) is 24.3 Å². The topological polar surface area (TPSA) is 59.3 Å². The van der Waals surface area contributed by atoms with E-state index in [1.165, 1.54) is 16.7 Å². The summed E-state index contributed by atoms with van der Waals surface area (Å²) in [6.45, 7) is 0. The normalized spacial score (nSPS) is 10.8. The molecule has 0 atom stereocenters. The summed E-state index contributed by atoms with van der Waals surface area (Å²) < 4.78 is 14.6. The van der Waals surface area contributed by atoms with Crippen LogP contribution in [-0.2, 0) is 11.2 Å². The molecule has 0 aliphatic carbocycles. The number of hydrogen-bond donors (Lipinski definition) is 1. The molecule has 0 radical (unpaired) electrons. The van der Waals surface area contributed by atoms with Crippen LogP contribution >= 0.6 is 11.6 Å². The van der Waals surface area contributed by atoms with Crippen LogP contribution in [0.2, 0.25) is 5.15 Å². The molecule has 3 aromatic rings. The van der Waals surface area contributed by atoms with Crippen molar-refractivity contribution in [2.24, 2.45) is 0 Å². The fourth-order valence-electron chi connectivity index (χ4n) is 1.93. The van der Waals surface area contributed by atoms with Gasteiger partial charge in [0.15, 0.2) is 0 Å². The molecule has 106 valence electrons. The van der Waals surface area contributed by atoms with Crippen LogP contribution in [0.15, 0.2) is 42.7 Å². The zero-order valence-electron chi connectivity index (χ0n) is 10.8. The van der Waals surface area contributed by atoms with E-state index in [-0.39, 0.29) is 18.1 Å². The Morgan fingerprint density at radius 2 is 2.10 bits per heavy atom. The molecule has 0 saturated heterocycles. The number of halogens is 2. The van der Waals surface area contributed by atoms with Gasteiger partial charge in [0.25, 0.3) is 0 Å². The van der Waals surface area contributed by atoms with E-state index in [0.29, 0.717) is 22.3 Å². The number of hydrogen-bond acceptors (Lipinski definition) is 3. The van der Waals surface area contributed by atoms with Gasteiger partial charge in [-0.25, -0.2) is 14.4 Å². The Morgan fingerprint density at radius 1 is 1.24 bits per heavy atom. The molecule has 3 rings (SSSR count). The third-order valence-corrected chi connectivity index (χ3v) is 3.00. The number of carbonyl (C=O) groups is 1. The Morgan fingerprint density at radius 3 is 2.90 bits per heavy atom. The molecule has 3 aromatic heterocycles. The van der Waals surface area contributed by atoms with Crippen molar-refractivity contribution in [1.29, 1.82) is 0 Å². The lowest BCUT2D eigenvalue weighted by Gasteiger charge is -2.02. The van der Waals surface area contributed by atoms with Crippen molar-refractivity contribution in [3.63, 3.8) is 0 Å². The predicted molar refractivity (Wildman–Crippen MR) is 76.7 cm³/mol. The van der Waals surface area contributed by atoms with Gasteiger partial charge in [0.2, 0.25) is 5.91 Å². The number of nitrogens with zero attached hydrogens (tertiary/aromatic N) is 3. The van der Waals surface area contributed by atoms with Gasteiger partial charge in [-0.3, -0.25) is 4.79 Å². The molecular weight excluding hydrogens is 295 g/mol. The summed E-state index contributed by atoms with van der Waals surface area (Å²) in [5.41, 5.74) is 1.13. The maximum atomic E-state index is 13.1. The number of anilines is 1. The molecule has 1 amide bonds. The number of carbonyl (C=O) groups excluding carboxylic acids is 1. The van der Waals surface area contributed by atoms with E-state index in [1.54, 1.807) is 30.5 Å². The van der Waals surface area contributed by atoms with Gasteiger partial charge in [0.1, 0.15) is 22.4 Å². The molecule has 0 aliphatic heterocycles. The van der Waals surface area contributed by atoms with Gasteiger partial charge in [-0.15, -0.1) is 0 Å². The van der Waals surface area contributed by atoms with E-state index in [4.69, 9.17) is 11.6 Å². The van der Waals surface area contributed by atoms with Crippen LogP contribution in [0.5, 0.6) is 0 Å². The molecular formula is C14H10ClFN4O. The molecule has 0 fully saturated rings. The first kappa shape index (κ1) is 13.5. The lowest BCUT2D eigenvalue weighted by molar-refractivity contribution is -0.115. The van der Waals surface area contributed by atoms with Crippen molar-refractivity contribution in [3.05, 3.63) is 59.4 Å². The maximum Gasteiger partial charge on any atom is 0.231 e. The molecule has 3 heterocycles. The summed E-state index contributed by atoms with van der Waals surface area (Å²) in [4.78, 5) is 20.1. The lowest BCUT2D eigenvalue weighted by atomic mass is 10.3. The maximum absolute atomic E-state index is 13.1. The smallest absolute Gasteiger partial charge is 0.231 e. The quantitative estimate of drug-likeness (QED) is 0.757. The van der Waals surface area contributed by atoms with E-state index in [2.05, 4.69) is 15.3 Å². The van der Waals surface area contributed by atoms with Gasteiger partial charge in [0.05, 0.1) is 12.1 Å². The van der Waals surface area contributed by atoms with Crippen LogP contribution < -0.4 is 5.32 Å². The van der Waals surface area contributed by atoms with Crippen molar-refractivity contribution >= 4 is 29.0 Å². The molecule has 0 unspecified atom stereocenters. The molecule has 7 heteroatoms. The summed E-state index contributed by atoms with van der Waals surface area (Å²) >= 11 is 5.74. The van der Waals surface area contributed by atoms with Crippen LogP contribution in [0.4, 0.5) is 10.2 Å². The van der Waals surface area contributed by atoms with Crippen molar-refractivity contribution in [2.45, 2.75) is 6.42 Å². The molecule has 0 spiro atoms. The molecule has 5 nitrogen and oxygen atoms in total. The number of amides is 1. The monoisotopic (exact) mass is 304 g/mol. The number of aromatic nitrogens is 3. The summed E-state index contributed by atoms with van der Waals surface area (Å²) in [5, 5.41) is 2.93. The van der Waals surface area contributed by atoms with Gasteiger partial charge in [-0.1, -0.05) is 17.7 Å². The number of nitrogens with one attached hydrogen (secondary N) is 1. The third-order valence-electron chi connectivity index (χ3n) is 2.79. The van der Waals surface area contributed by atoms with E-state index in [1.807, 2.05) is 0 Å². The molecule has 0 aromatic carbocycles. The van der Waals surface area contributed by atoms with Gasteiger partial charge in [0, 0.05) is 12.4 Å². The Bertz CT molecular complexity index is 818. The van der Waals surface area contributed by atoms with E-state index < -0.39 is 0 Å². The first-order valence-corrected chi connectivity index (χ1v) is 6.53. The highest BCUT2D eigenvalue weighted by atomic mass is 35.5. The highest BCUT2D eigenvalue weighted by Crippen LogP contribution is 2.11. The zero-order valence-corrected chi connectivity index (χ0v) is 11.5. The minimum Gasteiger partial charge on any atom is -0.310 e. The minimum atomic E-state index is -0.362. The second-order valence-electron chi connectivity index (χ2n) is 4.42. The minimum absolute atomic E-state index is 0.0670. The fourth-order valence-corrected chi connectivity index (χ4v) is 2.10. The highest BCUT2D eigenvalue weighted by Gasteiger charge is 2.09. The standard InChI is InChI=1S/C14H10ClFN4O/c15-11-2-1-3-12(18-11)19-14(21)6-10-8-20-7-9(16)4-5-13(20)17-10/h1-5,7-8H,6H2,(H,18,19,21). The first-order valence-electron chi connectivity index (χ1n) is 6.16. The fraction of sp³-hybridized carbons (Fsp3) is 0.0714. The Kier molecular flexibility index (Phi) is 3.53. The van der Waals surface area contributed by atoms with Crippen LogP contribution in [0, 0.1) is 5.82 Å². The van der Waals surface area contributed by atoms with E-state index in [0.717, 1.165) is 0 Å². The van der Waals surface area contributed by atoms with E-state index in [9.17, 15) is 9.18 Å². The highest BCUT2D eigenvalue weighted by molar-refractivity contribution is 6.29. The van der Waals surface area contributed by atoms with Crippen LogP contribution in [0.3, 0.4) is 0 Å². The average Bonchev–Trinajstić information content (AvgIpc) is 2.79. The molecule has 1 N–H and O–H groups in total. The van der Waals surface area contributed by atoms with Crippen molar-refractivity contribution in [3.8, 4) is 0 Å². The Labute approximate surface area is 124 Å². The number of imidazole rings is 1. The summed E-state index contributed by atoms with van der Waals surface area (Å²) in [6, 6.07) is 7.83. The van der Waals surface area contributed by atoms with Gasteiger partial charge >= 0.3 is 0 Å².